The summed E-state index contributed by atoms with van der Waals surface area (Å²) >= 11 is 4.87. The van der Waals surface area contributed by atoms with Crippen LogP contribution in [0.15, 0.2) is 30.3 Å². The van der Waals surface area contributed by atoms with Crippen LogP contribution in [0.3, 0.4) is 0 Å². The van der Waals surface area contributed by atoms with Gasteiger partial charge < -0.3 is 16.0 Å². The van der Waals surface area contributed by atoms with Gasteiger partial charge in [0, 0.05) is 25.7 Å². The average Bonchev–Trinajstić information content (AvgIpc) is 2.38. The van der Waals surface area contributed by atoms with E-state index in [0.717, 1.165) is 38.9 Å². The summed E-state index contributed by atoms with van der Waals surface area (Å²) in [7, 11) is 0. The molecule has 3 nitrogen and oxygen atoms in total. The first-order valence-corrected chi connectivity index (χ1v) is 6.97. The molecular weight excluding hydrogens is 242 g/mol. The zero-order valence-electron chi connectivity index (χ0n) is 10.6. The highest BCUT2D eigenvalue weighted by Crippen LogP contribution is 2.11. The summed E-state index contributed by atoms with van der Waals surface area (Å²) in [4.78, 5) is 2.52. The molecule has 0 aromatic heterocycles. The van der Waals surface area contributed by atoms with Gasteiger partial charge in [0.2, 0.25) is 0 Å². The highest BCUT2D eigenvalue weighted by molar-refractivity contribution is 7.80. The second-order valence-electron chi connectivity index (χ2n) is 4.86. The van der Waals surface area contributed by atoms with Crippen molar-refractivity contribution in [1.82, 2.24) is 10.2 Å². The van der Waals surface area contributed by atoms with Crippen molar-refractivity contribution in [2.24, 2.45) is 5.73 Å². The van der Waals surface area contributed by atoms with Crippen LogP contribution in [0.5, 0.6) is 0 Å². The molecule has 0 atom stereocenters. The van der Waals surface area contributed by atoms with Gasteiger partial charge >= 0.3 is 0 Å². The summed E-state index contributed by atoms with van der Waals surface area (Å²) in [5.41, 5.74) is 6.92. The molecule has 3 N–H and O–H groups in total. The van der Waals surface area contributed by atoms with E-state index in [1.165, 1.54) is 5.56 Å². The van der Waals surface area contributed by atoms with E-state index in [2.05, 4.69) is 40.5 Å². The second kappa shape index (κ2) is 6.71. The van der Waals surface area contributed by atoms with Crippen molar-refractivity contribution in [2.45, 2.75) is 25.3 Å². The van der Waals surface area contributed by atoms with Crippen molar-refractivity contribution in [3.8, 4) is 0 Å². The lowest BCUT2D eigenvalue weighted by Crippen LogP contribution is -2.46. The molecule has 0 spiro atoms. The van der Waals surface area contributed by atoms with Crippen molar-refractivity contribution in [2.75, 3.05) is 19.6 Å². The van der Waals surface area contributed by atoms with Gasteiger partial charge in [-0.3, -0.25) is 0 Å². The summed E-state index contributed by atoms with van der Waals surface area (Å²) in [6.45, 7) is 3.41. The maximum Gasteiger partial charge on any atom is 0.163 e. The standard InChI is InChI=1S/C14H21N3S/c15-14(18)16-13-7-10-17(11-8-13)9-6-12-4-2-1-3-5-12/h1-5,13H,6-11H2,(H3,15,16,18). The highest BCUT2D eigenvalue weighted by Gasteiger charge is 2.18. The number of hydrogen-bond acceptors (Lipinski definition) is 2. The van der Waals surface area contributed by atoms with E-state index in [1.54, 1.807) is 0 Å². The number of piperidine rings is 1. The first kappa shape index (κ1) is 13.3. The van der Waals surface area contributed by atoms with Crippen LogP contribution in [-0.4, -0.2) is 35.7 Å². The maximum atomic E-state index is 5.50. The molecule has 0 radical (unpaired) electrons. The number of rotatable bonds is 4. The molecule has 2 rings (SSSR count). The molecule has 0 amide bonds. The first-order valence-electron chi connectivity index (χ1n) is 6.56. The van der Waals surface area contributed by atoms with Crippen molar-refractivity contribution >= 4 is 17.3 Å². The number of nitrogens with two attached hydrogens (primary N) is 1. The number of likely N-dealkylation sites (tertiary alicyclic amines) is 1. The van der Waals surface area contributed by atoms with Gasteiger partial charge in [-0.25, -0.2) is 0 Å². The number of hydrogen-bond donors (Lipinski definition) is 2. The highest BCUT2D eigenvalue weighted by atomic mass is 32.1. The van der Waals surface area contributed by atoms with E-state index in [1.807, 2.05) is 0 Å². The molecule has 1 aliphatic heterocycles. The van der Waals surface area contributed by atoms with E-state index in [-0.39, 0.29) is 0 Å². The molecule has 0 saturated carbocycles. The van der Waals surface area contributed by atoms with E-state index < -0.39 is 0 Å². The fourth-order valence-electron chi connectivity index (χ4n) is 2.43. The Bertz CT molecular complexity index is 372. The molecule has 4 heteroatoms. The van der Waals surface area contributed by atoms with E-state index in [0.29, 0.717) is 11.2 Å². The Hall–Kier alpha value is -1.13. The van der Waals surface area contributed by atoms with Crippen LogP contribution in [0.25, 0.3) is 0 Å². The molecule has 1 heterocycles. The Kier molecular flexibility index (Phi) is 4.96. The van der Waals surface area contributed by atoms with Crippen LogP contribution < -0.4 is 11.1 Å². The monoisotopic (exact) mass is 263 g/mol. The fourth-order valence-corrected chi connectivity index (χ4v) is 2.60. The zero-order chi connectivity index (χ0) is 12.8. The van der Waals surface area contributed by atoms with Crippen LogP contribution in [-0.2, 0) is 6.42 Å². The third-order valence-electron chi connectivity index (χ3n) is 3.49. The molecule has 1 aliphatic rings. The number of nitrogens with zero attached hydrogens (tertiary/aromatic N) is 1. The zero-order valence-corrected chi connectivity index (χ0v) is 11.5. The Morgan fingerprint density at radius 2 is 1.94 bits per heavy atom. The van der Waals surface area contributed by atoms with Gasteiger partial charge in [0.25, 0.3) is 0 Å². The Balaban J connectivity index is 1.69. The topological polar surface area (TPSA) is 41.3 Å². The van der Waals surface area contributed by atoms with Gasteiger partial charge in [-0.1, -0.05) is 30.3 Å². The fraction of sp³-hybridized carbons (Fsp3) is 0.500. The van der Waals surface area contributed by atoms with Crippen molar-refractivity contribution in [3.63, 3.8) is 0 Å². The minimum absolute atomic E-state index is 0.428. The predicted molar refractivity (Wildman–Crippen MR) is 79.5 cm³/mol. The molecule has 18 heavy (non-hydrogen) atoms. The normalized spacial score (nSPS) is 17.6. The van der Waals surface area contributed by atoms with Gasteiger partial charge in [-0.2, -0.15) is 0 Å². The number of thiocarbonyl (C=S) groups is 1. The molecular formula is C14H21N3S. The lowest BCUT2D eigenvalue weighted by atomic mass is 10.0. The quantitative estimate of drug-likeness (QED) is 0.808. The maximum absolute atomic E-state index is 5.50. The average molecular weight is 263 g/mol. The Morgan fingerprint density at radius 3 is 2.56 bits per heavy atom. The van der Waals surface area contributed by atoms with E-state index >= 15 is 0 Å². The first-order chi connectivity index (χ1) is 8.74. The SMILES string of the molecule is NC(=S)NC1CCN(CCc2ccccc2)CC1. The Morgan fingerprint density at radius 1 is 1.28 bits per heavy atom. The van der Waals surface area contributed by atoms with Crippen molar-refractivity contribution in [3.05, 3.63) is 35.9 Å². The van der Waals surface area contributed by atoms with Gasteiger partial charge in [-0.15, -0.1) is 0 Å². The smallest absolute Gasteiger partial charge is 0.163 e. The molecule has 98 valence electrons. The summed E-state index contributed by atoms with van der Waals surface area (Å²) in [5.74, 6) is 0. The summed E-state index contributed by atoms with van der Waals surface area (Å²) in [5, 5.41) is 3.59. The van der Waals surface area contributed by atoms with Crippen LogP contribution >= 0.6 is 12.2 Å². The predicted octanol–water partition coefficient (Wildman–Crippen LogP) is 1.53. The molecule has 1 aromatic rings. The van der Waals surface area contributed by atoms with Crippen LogP contribution in [0.2, 0.25) is 0 Å². The molecule has 1 aromatic carbocycles. The molecule has 0 aliphatic carbocycles. The minimum Gasteiger partial charge on any atom is -0.376 e. The molecule has 0 bridgehead atoms. The second-order valence-corrected chi connectivity index (χ2v) is 5.30. The van der Waals surface area contributed by atoms with E-state index in [4.69, 9.17) is 18.0 Å². The van der Waals surface area contributed by atoms with Crippen LogP contribution in [0.1, 0.15) is 18.4 Å². The van der Waals surface area contributed by atoms with Crippen LogP contribution in [0, 0.1) is 0 Å². The summed E-state index contributed by atoms with van der Waals surface area (Å²) < 4.78 is 0. The lowest BCUT2D eigenvalue weighted by Gasteiger charge is -2.32. The van der Waals surface area contributed by atoms with Gasteiger partial charge in [0.15, 0.2) is 5.11 Å². The molecule has 1 fully saturated rings. The van der Waals surface area contributed by atoms with E-state index in [9.17, 15) is 0 Å². The number of nitrogens with one attached hydrogen (secondary N) is 1. The van der Waals surface area contributed by atoms with Crippen LogP contribution in [0.4, 0.5) is 0 Å². The summed E-state index contributed by atoms with van der Waals surface area (Å²) in [6.07, 6.45) is 3.40. The third-order valence-corrected chi connectivity index (χ3v) is 3.61. The van der Waals surface area contributed by atoms with Gasteiger partial charge in [0.1, 0.15) is 0 Å². The molecule has 1 saturated heterocycles. The lowest BCUT2D eigenvalue weighted by molar-refractivity contribution is 0.208. The Labute approximate surface area is 114 Å². The summed E-state index contributed by atoms with van der Waals surface area (Å²) in [6, 6.07) is 11.1. The van der Waals surface area contributed by atoms with Gasteiger partial charge in [-0.05, 0) is 37.0 Å². The third kappa shape index (κ3) is 4.27. The number of benzene rings is 1. The van der Waals surface area contributed by atoms with Crippen molar-refractivity contribution < 1.29 is 0 Å². The van der Waals surface area contributed by atoms with Crippen molar-refractivity contribution in [1.29, 1.82) is 0 Å². The van der Waals surface area contributed by atoms with Gasteiger partial charge in [0.05, 0.1) is 0 Å². The minimum atomic E-state index is 0.428. The molecule has 0 unspecified atom stereocenters. The largest absolute Gasteiger partial charge is 0.376 e.